The average Bonchev–Trinajstić information content (AvgIpc) is 3.11. The molecule has 5 heteroatoms. The van der Waals surface area contributed by atoms with E-state index in [9.17, 15) is 4.39 Å². The molecule has 2 heterocycles. The number of nitrogens with one attached hydrogen (secondary N) is 1. The van der Waals surface area contributed by atoms with Gasteiger partial charge in [0.25, 0.3) is 0 Å². The van der Waals surface area contributed by atoms with E-state index < -0.39 is 0 Å². The van der Waals surface area contributed by atoms with Gasteiger partial charge in [0.15, 0.2) is 0 Å². The number of halogens is 1. The Bertz CT molecular complexity index is 844. The standard InChI is InChI=1S/C20H20FN3O/c21-17-5-7-18(8-6-17)24-19(9-10-23-24)12-22-13-20-11-15-3-1-2-4-16(15)14-25-20/h1-10,20,22H,11-14H2/t20-/m0/s1. The summed E-state index contributed by atoms with van der Waals surface area (Å²) in [7, 11) is 0. The SMILES string of the molecule is Fc1ccc(-n2nccc2CNC[C@@H]2Cc3ccccc3CO2)cc1. The molecule has 1 N–H and O–H groups in total. The molecule has 0 amide bonds. The largest absolute Gasteiger partial charge is 0.372 e. The lowest BCUT2D eigenvalue weighted by Gasteiger charge is -2.25. The topological polar surface area (TPSA) is 39.1 Å². The van der Waals surface area contributed by atoms with Crippen molar-refractivity contribution in [1.82, 2.24) is 15.1 Å². The second-order valence-electron chi connectivity index (χ2n) is 6.25. The van der Waals surface area contributed by atoms with Gasteiger partial charge in [-0.05, 0) is 41.5 Å². The summed E-state index contributed by atoms with van der Waals surface area (Å²) in [6.07, 6.45) is 2.87. The molecule has 0 aliphatic carbocycles. The van der Waals surface area contributed by atoms with Gasteiger partial charge in [0.1, 0.15) is 5.82 Å². The average molecular weight is 337 g/mol. The zero-order valence-corrected chi connectivity index (χ0v) is 13.9. The van der Waals surface area contributed by atoms with Crippen molar-refractivity contribution >= 4 is 0 Å². The monoisotopic (exact) mass is 337 g/mol. The third kappa shape index (κ3) is 3.62. The number of ether oxygens (including phenoxy) is 1. The number of fused-ring (bicyclic) bond motifs is 1. The van der Waals surface area contributed by atoms with E-state index in [4.69, 9.17) is 4.74 Å². The second-order valence-corrected chi connectivity index (χ2v) is 6.25. The molecule has 1 aliphatic rings. The Morgan fingerprint density at radius 3 is 2.72 bits per heavy atom. The van der Waals surface area contributed by atoms with Crippen molar-refractivity contribution in [1.29, 1.82) is 0 Å². The van der Waals surface area contributed by atoms with E-state index in [0.29, 0.717) is 13.2 Å². The maximum Gasteiger partial charge on any atom is 0.123 e. The highest BCUT2D eigenvalue weighted by molar-refractivity contribution is 5.33. The summed E-state index contributed by atoms with van der Waals surface area (Å²) in [5.41, 5.74) is 4.54. The molecule has 4 nitrogen and oxygen atoms in total. The first-order valence-corrected chi connectivity index (χ1v) is 8.47. The lowest BCUT2D eigenvalue weighted by Crippen LogP contribution is -2.33. The fourth-order valence-corrected chi connectivity index (χ4v) is 3.18. The van der Waals surface area contributed by atoms with Crippen LogP contribution in [0.2, 0.25) is 0 Å². The predicted octanol–water partition coefficient (Wildman–Crippen LogP) is 3.24. The van der Waals surface area contributed by atoms with Gasteiger partial charge >= 0.3 is 0 Å². The molecule has 0 bridgehead atoms. The summed E-state index contributed by atoms with van der Waals surface area (Å²) in [6.45, 7) is 2.14. The highest BCUT2D eigenvalue weighted by atomic mass is 19.1. The van der Waals surface area contributed by atoms with Crippen molar-refractivity contribution in [3.8, 4) is 5.69 Å². The van der Waals surface area contributed by atoms with Crippen molar-refractivity contribution in [3.05, 3.63) is 83.4 Å². The van der Waals surface area contributed by atoms with Crippen LogP contribution in [0, 0.1) is 5.82 Å². The van der Waals surface area contributed by atoms with Gasteiger partial charge in [0.2, 0.25) is 0 Å². The minimum absolute atomic E-state index is 0.178. The number of hydrogen-bond acceptors (Lipinski definition) is 3. The summed E-state index contributed by atoms with van der Waals surface area (Å²) in [6, 6.07) is 16.7. The molecule has 0 spiro atoms. The van der Waals surface area contributed by atoms with E-state index in [1.165, 1.54) is 23.3 Å². The Labute approximate surface area is 146 Å². The molecule has 1 atom stereocenters. The number of benzene rings is 2. The summed E-state index contributed by atoms with van der Waals surface area (Å²) in [5, 5.41) is 7.78. The highest BCUT2D eigenvalue weighted by Crippen LogP contribution is 2.20. The van der Waals surface area contributed by atoms with Crippen LogP contribution in [-0.4, -0.2) is 22.4 Å². The number of aromatic nitrogens is 2. The van der Waals surface area contributed by atoms with Gasteiger partial charge in [0, 0.05) is 25.7 Å². The molecule has 0 radical (unpaired) electrons. The second kappa shape index (κ2) is 7.17. The highest BCUT2D eigenvalue weighted by Gasteiger charge is 2.18. The summed E-state index contributed by atoms with van der Waals surface area (Å²) < 4.78 is 20.8. The Morgan fingerprint density at radius 1 is 1.08 bits per heavy atom. The molecular formula is C20H20FN3O. The van der Waals surface area contributed by atoms with Crippen LogP contribution in [0.15, 0.2) is 60.8 Å². The Kier molecular flexibility index (Phi) is 4.59. The molecule has 3 aromatic rings. The van der Waals surface area contributed by atoms with Crippen molar-refractivity contribution in [3.63, 3.8) is 0 Å². The van der Waals surface area contributed by atoms with Crippen LogP contribution in [-0.2, 0) is 24.3 Å². The summed E-state index contributed by atoms with van der Waals surface area (Å²) in [4.78, 5) is 0. The van der Waals surface area contributed by atoms with Gasteiger partial charge < -0.3 is 10.1 Å². The van der Waals surface area contributed by atoms with Crippen molar-refractivity contribution < 1.29 is 9.13 Å². The van der Waals surface area contributed by atoms with Crippen LogP contribution in [0.4, 0.5) is 4.39 Å². The molecule has 2 aromatic carbocycles. The minimum atomic E-state index is -0.245. The van der Waals surface area contributed by atoms with Crippen molar-refractivity contribution in [2.45, 2.75) is 25.7 Å². The van der Waals surface area contributed by atoms with Crippen LogP contribution >= 0.6 is 0 Å². The Balaban J connectivity index is 1.36. The van der Waals surface area contributed by atoms with E-state index in [-0.39, 0.29) is 11.9 Å². The molecule has 4 rings (SSSR count). The summed E-state index contributed by atoms with van der Waals surface area (Å²) >= 11 is 0. The molecule has 1 aliphatic heterocycles. The van der Waals surface area contributed by atoms with E-state index in [1.54, 1.807) is 18.3 Å². The van der Waals surface area contributed by atoms with E-state index >= 15 is 0 Å². The van der Waals surface area contributed by atoms with Crippen molar-refractivity contribution in [2.24, 2.45) is 0 Å². The van der Waals surface area contributed by atoms with E-state index in [2.05, 4.69) is 34.7 Å². The smallest absolute Gasteiger partial charge is 0.123 e. The predicted molar refractivity (Wildman–Crippen MR) is 94.0 cm³/mol. The van der Waals surface area contributed by atoms with Gasteiger partial charge in [-0.1, -0.05) is 24.3 Å². The van der Waals surface area contributed by atoms with Gasteiger partial charge in [-0.15, -0.1) is 0 Å². The lowest BCUT2D eigenvalue weighted by atomic mass is 9.99. The van der Waals surface area contributed by atoms with Gasteiger partial charge in [-0.2, -0.15) is 5.10 Å². The van der Waals surface area contributed by atoms with Crippen molar-refractivity contribution in [2.75, 3.05) is 6.54 Å². The zero-order valence-electron chi connectivity index (χ0n) is 13.9. The fraction of sp³-hybridized carbons (Fsp3) is 0.250. The zero-order chi connectivity index (χ0) is 17.1. The molecule has 25 heavy (non-hydrogen) atoms. The van der Waals surface area contributed by atoms with E-state index in [0.717, 1.165) is 24.3 Å². The first-order valence-electron chi connectivity index (χ1n) is 8.47. The molecule has 0 saturated carbocycles. The third-order valence-corrected chi connectivity index (χ3v) is 4.51. The normalized spacial score (nSPS) is 16.6. The first-order chi connectivity index (χ1) is 12.3. The molecular weight excluding hydrogens is 317 g/mol. The summed E-state index contributed by atoms with van der Waals surface area (Å²) in [5.74, 6) is -0.245. The molecule has 0 saturated heterocycles. The number of rotatable bonds is 5. The lowest BCUT2D eigenvalue weighted by molar-refractivity contribution is 0.0287. The molecule has 128 valence electrons. The first kappa shape index (κ1) is 16.0. The third-order valence-electron chi connectivity index (χ3n) is 4.51. The maximum atomic E-state index is 13.1. The van der Waals surface area contributed by atoms with Crippen LogP contribution in [0.3, 0.4) is 0 Å². The van der Waals surface area contributed by atoms with Crippen LogP contribution in [0.25, 0.3) is 5.69 Å². The quantitative estimate of drug-likeness (QED) is 0.777. The fourth-order valence-electron chi connectivity index (χ4n) is 3.18. The van der Waals surface area contributed by atoms with Crippen LogP contribution in [0.5, 0.6) is 0 Å². The number of nitrogens with zero attached hydrogens (tertiary/aromatic N) is 2. The molecule has 0 unspecified atom stereocenters. The van der Waals surface area contributed by atoms with Crippen LogP contribution in [0.1, 0.15) is 16.8 Å². The molecule has 1 aromatic heterocycles. The van der Waals surface area contributed by atoms with E-state index in [1.807, 2.05) is 10.7 Å². The minimum Gasteiger partial charge on any atom is -0.372 e. The number of hydrogen-bond donors (Lipinski definition) is 1. The Hall–Kier alpha value is -2.50. The van der Waals surface area contributed by atoms with Gasteiger partial charge in [-0.25, -0.2) is 9.07 Å². The Morgan fingerprint density at radius 2 is 1.88 bits per heavy atom. The molecule has 0 fully saturated rings. The maximum absolute atomic E-state index is 13.1. The van der Waals surface area contributed by atoms with Gasteiger partial charge in [0.05, 0.1) is 24.1 Å². The van der Waals surface area contributed by atoms with Gasteiger partial charge in [-0.3, -0.25) is 0 Å². The van der Waals surface area contributed by atoms with Crippen LogP contribution < -0.4 is 5.32 Å².